The van der Waals surface area contributed by atoms with Gasteiger partial charge < -0.3 is 24.8 Å². The van der Waals surface area contributed by atoms with Gasteiger partial charge in [0.15, 0.2) is 0 Å². The molecule has 1 unspecified atom stereocenters. The highest BCUT2D eigenvalue weighted by atomic mass is 16.6. The van der Waals surface area contributed by atoms with E-state index in [9.17, 15) is 14.4 Å². The lowest BCUT2D eigenvalue weighted by Gasteiger charge is -2.06. The predicted molar refractivity (Wildman–Crippen MR) is 118 cm³/mol. The smallest absolute Gasteiger partial charge is 0.331 e. The summed E-state index contributed by atoms with van der Waals surface area (Å²) in [6.45, 7) is 2.92. The molecule has 0 amide bonds. The van der Waals surface area contributed by atoms with Crippen molar-refractivity contribution in [2.45, 2.75) is 110 Å². The molecule has 0 spiro atoms. The van der Waals surface area contributed by atoms with Crippen molar-refractivity contribution in [1.29, 1.82) is 0 Å². The van der Waals surface area contributed by atoms with Crippen LogP contribution in [0.2, 0.25) is 0 Å². The van der Waals surface area contributed by atoms with Gasteiger partial charge in [0, 0.05) is 12.8 Å². The maximum Gasteiger partial charge on any atom is 0.331 e. The fraction of sp³-hybridized carbons (Fsp3) is 0.870. The van der Waals surface area contributed by atoms with Crippen molar-refractivity contribution in [2.24, 2.45) is 0 Å². The van der Waals surface area contributed by atoms with Crippen molar-refractivity contribution >= 4 is 17.9 Å². The summed E-state index contributed by atoms with van der Waals surface area (Å²) in [4.78, 5) is 33.1. The highest BCUT2D eigenvalue weighted by Crippen LogP contribution is 2.10. The molecule has 0 aromatic carbocycles. The second-order valence-corrected chi connectivity index (χ2v) is 7.56. The molecular formula is C23H44O8. The molecule has 0 fully saturated rings. The van der Waals surface area contributed by atoms with Gasteiger partial charge in [-0.2, -0.15) is 0 Å². The Morgan fingerprint density at radius 2 is 1.10 bits per heavy atom. The highest BCUT2D eigenvalue weighted by Gasteiger charge is 2.09. The van der Waals surface area contributed by atoms with Crippen LogP contribution in [0.4, 0.5) is 0 Å². The van der Waals surface area contributed by atoms with Gasteiger partial charge in [0.05, 0.1) is 6.61 Å². The van der Waals surface area contributed by atoms with Gasteiger partial charge in [-0.05, 0) is 12.8 Å². The molecule has 0 aromatic rings. The van der Waals surface area contributed by atoms with Gasteiger partial charge >= 0.3 is 17.9 Å². The topological polar surface area (TPSA) is 130 Å². The molecule has 3 N–H and O–H groups in total. The molecule has 0 saturated carbocycles. The summed E-state index contributed by atoms with van der Waals surface area (Å²) in [5, 5.41) is 24.9. The number of aliphatic hydroxyl groups is 3. The number of aliphatic hydroxyl groups excluding tert-OH is 3. The maximum absolute atomic E-state index is 11.5. The van der Waals surface area contributed by atoms with E-state index >= 15 is 0 Å². The third-order valence-corrected chi connectivity index (χ3v) is 4.47. The summed E-state index contributed by atoms with van der Waals surface area (Å²) in [6.07, 6.45) is 13.3. The Kier molecular flexibility index (Phi) is 25.3. The Morgan fingerprint density at radius 3 is 1.48 bits per heavy atom. The number of unbranched alkanes of at least 4 members (excludes halogenated alkanes) is 10. The molecule has 1 atom stereocenters. The van der Waals surface area contributed by atoms with Gasteiger partial charge in [0.25, 0.3) is 0 Å². The third-order valence-electron chi connectivity index (χ3n) is 4.47. The Labute approximate surface area is 187 Å². The lowest BCUT2D eigenvalue weighted by Crippen LogP contribution is -2.23. The number of hydrogen-bond donors (Lipinski definition) is 3. The molecule has 184 valence electrons. The Bertz CT molecular complexity index is 439. The van der Waals surface area contributed by atoms with E-state index in [1.807, 2.05) is 0 Å². The van der Waals surface area contributed by atoms with E-state index in [2.05, 4.69) is 18.6 Å². The molecule has 0 radical (unpaired) electrons. The molecule has 0 bridgehead atoms. The monoisotopic (exact) mass is 448 g/mol. The second-order valence-electron chi connectivity index (χ2n) is 7.56. The summed E-state index contributed by atoms with van der Waals surface area (Å²) in [7, 11) is 0. The van der Waals surface area contributed by atoms with Crippen LogP contribution in [0.1, 0.15) is 104 Å². The van der Waals surface area contributed by atoms with Crippen molar-refractivity contribution in [2.75, 3.05) is 19.8 Å². The molecule has 0 aromatic heterocycles. The van der Waals surface area contributed by atoms with E-state index in [1.54, 1.807) is 0 Å². The lowest BCUT2D eigenvalue weighted by atomic mass is 10.1. The van der Waals surface area contributed by atoms with Gasteiger partial charge in [-0.1, -0.05) is 78.1 Å². The Balaban J connectivity index is 0. The first kappa shape index (κ1) is 31.7. The molecule has 0 aliphatic heterocycles. The molecule has 0 heterocycles. The number of rotatable bonds is 18. The van der Waals surface area contributed by atoms with Crippen LogP contribution in [0, 0.1) is 0 Å². The van der Waals surface area contributed by atoms with Crippen molar-refractivity contribution < 1.29 is 39.2 Å². The first-order chi connectivity index (χ1) is 14.9. The predicted octanol–water partition coefficient (Wildman–Crippen LogP) is 3.43. The molecular weight excluding hydrogens is 404 g/mol. The van der Waals surface area contributed by atoms with Crippen LogP contribution in [0.5, 0.6) is 0 Å². The van der Waals surface area contributed by atoms with E-state index in [4.69, 9.17) is 20.1 Å². The summed E-state index contributed by atoms with van der Waals surface area (Å²) in [6, 6.07) is 0. The highest BCUT2D eigenvalue weighted by molar-refractivity contribution is 5.85. The first-order valence-electron chi connectivity index (χ1n) is 11.7. The zero-order chi connectivity index (χ0) is 23.7. The van der Waals surface area contributed by atoms with E-state index in [0.717, 1.165) is 32.1 Å². The van der Waals surface area contributed by atoms with Gasteiger partial charge in [-0.25, -0.2) is 4.79 Å². The second kappa shape index (κ2) is 24.8. The van der Waals surface area contributed by atoms with Crippen LogP contribution < -0.4 is 0 Å². The van der Waals surface area contributed by atoms with E-state index < -0.39 is 25.3 Å². The number of carbonyl (C=O) groups excluding carboxylic acids is 3. The summed E-state index contributed by atoms with van der Waals surface area (Å²) in [5.74, 6) is -1.51. The van der Waals surface area contributed by atoms with Crippen molar-refractivity contribution in [1.82, 2.24) is 0 Å². The van der Waals surface area contributed by atoms with Crippen molar-refractivity contribution in [3.63, 3.8) is 0 Å². The molecule has 8 nitrogen and oxygen atoms in total. The van der Waals surface area contributed by atoms with E-state index in [-0.39, 0.29) is 18.5 Å². The molecule has 0 saturated heterocycles. The lowest BCUT2D eigenvalue weighted by molar-refractivity contribution is -0.159. The third kappa shape index (κ3) is 26.5. The fourth-order valence-electron chi connectivity index (χ4n) is 2.62. The van der Waals surface area contributed by atoms with E-state index in [0.29, 0.717) is 12.8 Å². The van der Waals surface area contributed by atoms with Gasteiger partial charge in [-0.15, -0.1) is 0 Å². The standard InChI is InChI=1S/C18H34O3.C5H10O5/c1-3-5-7-9-10-12-14-16-18(20)21-17(19)15-13-11-8-6-4-2;6-1-4(8)3-10-5(9)2-7/h3-16H2,1-2H3;4,6-8H,1-3H2. The number of hydrogen-bond acceptors (Lipinski definition) is 8. The number of ether oxygens (including phenoxy) is 2. The van der Waals surface area contributed by atoms with Gasteiger partial charge in [0.2, 0.25) is 0 Å². The minimum atomic E-state index is -1.06. The summed E-state index contributed by atoms with van der Waals surface area (Å²) < 4.78 is 9.07. The Morgan fingerprint density at radius 1 is 0.677 bits per heavy atom. The molecule has 31 heavy (non-hydrogen) atoms. The van der Waals surface area contributed by atoms with Crippen molar-refractivity contribution in [3.8, 4) is 0 Å². The van der Waals surface area contributed by atoms with Crippen LogP contribution in [-0.2, 0) is 23.9 Å². The number of esters is 3. The SMILES string of the molecule is CCCCCCCCCC(=O)OC(=O)CCCCCCC.O=C(CO)OCC(O)CO. The maximum atomic E-state index is 11.5. The average molecular weight is 449 g/mol. The molecule has 8 heteroatoms. The molecule has 0 rings (SSSR count). The average Bonchev–Trinajstić information content (AvgIpc) is 2.76. The normalized spacial score (nSPS) is 11.3. The Hall–Kier alpha value is -1.51. The quantitative estimate of drug-likeness (QED) is 0.165. The molecule has 0 aliphatic rings. The summed E-state index contributed by atoms with van der Waals surface area (Å²) in [5.41, 5.74) is 0. The zero-order valence-electron chi connectivity index (χ0n) is 19.5. The van der Waals surface area contributed by atoms with Crippen LogP contribution in [0.15, 0.2) is 0 Å². The fourth-order valence-corrected chi connectivity index (χ4v) is 2.62. The zero-order valence-corrected chi connectivity index (χ0v) is 19.5. The minimum absolute atomic E-state index is 0.282. The van der Waals surface area contributed by atoms with Crippen LogP contribution in [-0.4, -0.2) is 59.2 Å². The molecule has 0 aliphatic carbocycles. The van der Waals surface area contributed by atoms with Crippen LogP contribution in [0.25, 0.3) is 0 Å². The largest absolute Gasteiger partial charge is 0.461 e. The summed E-state index contributed by atoms with van der Waals surface area (Å²) >= 11 is 0. The van der Waals surface area contributed by atoms with Crippen molar-refractivity contribution in [3.05, 3.63) is 0 Å². The number of carbonyl (C=O) groups is 3. The minimum Gasteiger partial charge on any atom is -0.461 e. The van der Waals surface area contributed by atoms with Gasteiger partial charge in [-0.3, -0.25) is 9.59 Å². The first-order valence-corrected chi connectivity index (χ1v) is 11.7. The van der Waals surface area contributed by atoms with Gasteiger partial charge in [0.1, 0.15) is 19.3 Å². The van der Waals surface area contributed by atoms with E-state index in [1.165, 1.54) is 44.9 Å². The van der Waals surface area contributed by atoms with Crippen LogP contribution in [0.3, 0.4) is 0 Å². The van der Waals surface area contributed by atoms with Crippen LogP contribution >= 0.6 is 0 Å².